The molecular formula is C20H15Cl2F6N3O2S2. The zero-order valence-electron chi connectivity index (χ0n) is 17.5. The Balaban J connectivity index is 1.76. The number of carbonyl (C=O) groups is 1. The fourth-order valence-corrected chi connectivity index (χ4v) is 4.91. The molecule has 1 aromatic heterocycles. The maximum atomic E-state index is 14.1. The number of rotatable bonds is 6. The smallest absolute Gasteiger partial charge is 0.374 e. The number of thiophene rings is 1. The second kappa shape index (κ2) is 10.1. The number of alkyl halides is 6. The molecule has 0 saturated carbocycles. The molecule has 0 spiro atoms. The van der Waals surface area contributed by atoms with E-state index in [0.717, 1.165) is 23.5 Å². The normalized spacial score (nSPS) is 18.1. The highest BCUT2D eigenvalue weighted by atomic mass is 35.5. The number of hydrogen-bond donors (Lipinski definition) is 2. The second-order valence-electron chi connectivity index (χ2n) is 7.49. The summed E-state index contributed by atoms with van der Waals surface area (Å²) < 4.78 is 79.2. The molecule has 0 aliphatic carbocycles. The van der Waals surface area contributed by atoms with E-state index >= 15 is 0 Å². The third-order valence-corrected chi connectivity index (χ3v) is 6.83. The lowest BCUT2D eigenvalue weighted by atomic mass is 9.88. The number of thiocarbonyl (C=S) groups is 1. The van der Waals surface area contributed by atoms with Crippen LogP contribution in [0.4, 0.5) is 26.3 Å². The van der Waals surface area contributed by atoms with Gasteiger partial charge in [-0.25, -0.2) is 0 Å². The van der Waals surface area contributed by atoms with E-state index in [9.17, 15) is 31.1 Å². The van der Waals surface area contributed by atoms with Crippen LogP contribution in [0, 0.1) is 6.92 Å². The molecule has 1 aliphatic rings. The van der Waals surface area contributed by atoms with Crippen molar-refractivity contribution in [2.24, 2.45) is 5.16 Å². The standard InChI is InChI=1S/C20H15Cl2F6N3O2S2/c1-9-2-14(35-16(9)17(32)29-7-15(34)30-8-19(23,24)25)13-6-18(33-31-13,20(26,27)28)10-3-11(21)5-12(22)4-10/h2-5H,6-8H2,1H3,(H,29,32)(H,30,34). The van der Waals surface area contributed by atoms with Crippen LogP contribution in [0.25, 0.3) is 0 Å². The van der Waals surface area contributed by atoms with Crippen molar-refractivity contribution in [2.75, 3.05) is 13.1 Å². The molecule has 1 amide bonds. The van der Waals surface area contributed by atoms with Crippen molar-refractivity contribution >= 4 is 63.4 Å². The Labute approximate surface area is 214 Å². The molecule has 2 heterocycles. The lowest BCUT2D eigenvalue weighted by molar-refractivity contribution is -0.275. The highest BCUT2D eigenvalue weighted by Gasteiger charge is 2.62. The maximum Gasteiger partial charge on any atom is 0.435 e. The molecule has 1 atom stereocenters. The van der Waals surface area contributed by atoms with E-state index in [1.165, 1.54) is 12.1 Å². The van der Waals surface area contributed by atoms with Gasteiger partial charge in [0.2, 0.25) is 0 Å². The first-order valence-corrected chi connectivity index (χ1v) is 11.6. The monoisotopic (exact) mass is 577 g/mol. The molecule has 0 radical (unpaired) electrons. The molecule has 2 aromatic rings. The molecule has 15 heteroatoms. The van der Waals surface area contributed by atoms with Crippen molar-refractivity contribution in [2.45, 2.75) is 31.3 Å². The number of carbonyl (C=O) groups excluding carboxylic acids is 1. The Kier molecular flexibility index (Phi) is 7.94. The molecule has 2 N–H and O–H groups in total. The van der Waals surface area contributed by atoms with Gasteiger partial charge >= 0.3 is 12.4 Å². The van der Waals surface area contributed by atoms with Gasteiger partial charge in [-0.15, -0.1) is 11.3 Å². The molecule has 1 aromatic carbocycles. The molecule has 190 valence electrons. The van der Waals surface area contributed by atoms with Gasteiger partial charge in [0, 0.05) is 15.6 Å². The largest absolute Gasteiger partial charge is 0.435 e. The third-order valence-electron chi connectivity index (χ3n) is 4.82. The fraction of sp³-hybridized carbons (Fsp3) is 0.350. The van der Waals surface area contributed by atoms with Crippen LogP contribution < -0.4 is 10.6 Å². The molecule has 0 bridgehead atoms. The van der Waals surface area contributed by atoms with Crippen molar-refractivity contribution in [3.8, 4) is 0 Å². The lowest BCUT2D eigenvalue weighted by Crippen LogP contribution is -2.42. The van der Waals surface area contributed by atoms with E-state index in [4.69, 9.17) is 40.3 Å². The van der Waals surface area contributed by atoms with E-state index in [1.807, 2.05) is 5.32 Å². The highest BCUT2D eigenvalue weighted by Crippen LogP contribution is 2.50. The molecule has 5 nitrogen and oxygen atoms in total. The van der Waals surface area contributed by atoms with Crippen LogP contribution in [-0.4, -0.2) is 42.0 Å². The van der Waals surface area contributed by atoms with Crippen LogP contribution >= 0.6 is 46.8 Å². The van der Waals surface area contributed by atoms with E-state index in [1.54, 1.807) is 6.92 Å². The maximum absolute atomic E-state index is 14.1. The van der Waals surface area contributed by atoms with E-state index < -0.39 is 36.8 Å². The SMILES string of the molecule is Cc1cc(C2=NOC(c3cc(Cl)cc(Cl)c3)(C(F)(F)F)C2)sc1C(=O)NCC(=S)NCC(F)(F)F. The predicted molar refractivity (Wildman–Crippen MR) is 124 cm³/mol. The molecular weight excluding hydrogens is 563 g/mol. The quantitative estimate of drug-likeness (QED) is 0.319. The van der Waals surface area contributed by atoms with Crippen molar-refractivity contribution in [3.05, 3.63) is 55.2 Å². The zero-order valence-corrected chi connectivity index (χ0v) is 20.7. The molecule has 3 rings (SSSR count). The molecule has 1 unspecified atom stereocenters. The van der Waals surface area contributed by atoms with Crippen molar-refractivity contribution in [1.82, 2.24) is 10.6 Å². The van der Waals surface area contributed by atoms with Gasteiger partial charge in [0.1, 0.15) is 12.3 Å². The van der Waals surface area contributed by atoms with Crippen molar-refractivity contribution < 1.29 is 36.0 Å². The summed E-state index contributed by atoms with van der Waals surface area (Å²) in [4.78, 5) is 17.6. The van der Waals surface area contributed by atoms with Gasteiger partial charge in [0.15, 0.2) is 0 Å². The average Bonchev–Trinajstić information content (AvgIpc) is 3.34. The second-order valence-corrected chi connectivity index (χ2v) is 9.90. The van der Waals surface area contributed by atoms with Crippen LogP contribution in [-0.2, 0) is 10.4 Å². The molecule has 1 aliphatic heterocycles. The van der Waals surface area contributed by atoms with Gasteiger partial charge in [-0.3, -0.25) is 4.79 Å². The number of nitrogens with one attached hydrogen (secondary N) is 2. The number of benzene rings is 1. The van der Waals surface area contributed by atoms with Gasteiger partial charge in [-0.2, -0.15) is 26.3 Å². The third kappa shape index (κ3) is 6.38. The number of amides is 1. The number of aryl methyl sites for hydroxylation is 1. The van der Waals surface area contributed by atoms with Crippen LogP contribution in [0.15, 0.2) is 29.4 Å². The topological polar surface area (TPSA) is 62.7 Å². The minimum atomic E-state index is -4.88. The lowest BCUT2D eigenvalue weighted by Gasteiger charge is -2.29. The summed E-state index contributed by atoms with van der Waals surface area (Å²) in [5.74, 6) is -0.655. The minimum Gasteiger partial charge on any atom is -0.374 e. The summed E-state index contributed by atoms with van der Waals surface area (Å²) in [6.45, 7) is -0.143. The Morgan fingerprint density at radius 3 is 2.34 bits per heavy atom. The Morgan fingerprint density at radius 2 is 1.77 bits per heavy atom. The number of halogens is 8. The summed E-state index contributed by atoms with van der Waals surface area (Å²) in [6, 6.07) is 4.94. The molecule has 35 heavy (non-hydrogen) atoms. The Hall–Kier alpha value is -2.09. The number of hydrogen-bond acceptors (Lipinski definition) is 5. The Bertz CT molecular complexity index is 1160. The van der Waals surface area contributed by atoms with Crippen molar-refractivity contribution in [3.63, 3.8) is 0 Å². The van der Waals surface area contributed by atoms with Gasteiger partial charge in [-0.1, -0.05) is 40.6 Å². The molecule has 0 saturated heterocycles. The first kappa shape index (κ1) is 27.5. The Morgan fingerprint density at radius 1 is 1.14 bits per heavy atom. The van der Waals surface area contributed by atoms with E-state index in [2.05, 4.69) is 10.5 Å². The zero-order chi connectivity index (χ0) is 26.2. The summed E-state index contributed by atoms with van der Waals surface area (Å²) in [5, 5.41) is 7.98. The van der Waals surface area contributed by atoms with Gasteiger partial charge in [-0.05, 0) is 36.8 Å². The first-order chi connectivity index (χ1) is 16.1. The number of nitrogens with zero attached hydrogens (tertiary/aromatic N) is 1. The molecule has 0 fully saturated rings. The summed E-state index contributed by atoms with van der Waals surface area (Å²) in [7, 11) is 0. The van der Waals surface area contributed by atoms with Crippen LogP contribution in [0.2, 0.25) is 10.0 Å². The predicted octanol–water partition coefficient (Wildman–Crippen LogP) is 6.15. The summed E-state index contributed by atoms with van der Waals surface area (Å²) in [6.07, 6.45) is -10.0. The first-order valence-electron chi connectivity index (χ1n) is 9.62. The average molecular weight is 578 g/mol. The summed E-state index contributed by atoms with van der Waals surface area (Å²) >= 11 is 17.4. The van der Waals surface area contributed by atoms with Crippen LogP contribution in [0.1, 0.15) is 32.1 Å². The van der Waals surface area contributed by atoms with Crippen LogP contribution in [0.5, 0.6) is 0 Å². The van der Waals surface area contributed by atoms with Gasteiger partial charge in [0.05, 0.1) is 27.7 Å². The van der Waals surface area contributed by atoms with Crippen molar-refractivity contribution in [1.29, 1.82) is 0 Å². The fourth-order valence-electron chi connectivity index (χ4n) is 3.17. The minimum absolute atomic E-state index is 0.0123. The van der Waals surface area contributed by atoms with Gasteiger partial charge < -0.3 is 15.5 Å². The number of oxime groups is 1. The van der Waals surface area contributed by atoms with E-state index in [-0.39, 0.29) is 42.6 Å². The van der Waals surface area contributed by atoms with Crippen LogP contribution in [0.3, 0.4) is 0 Å². The summed E-state index contributed by atoms with van der Waals surface area (Å²) in [5.41, 5.74) is -2.77. The van der Waals surface area contributed by atoms with E-state index in [0.29, 0.717) is 5.56 Å². The van der Waals surface area contributed by atoms with Gasteiger partial charge in [0.25, 0.3) is 11.5 Å². The highest BCUT2D eigenvalue weighted by molar-refractivity contribution is 7.80.